The molecule has 0 unspecified atom stereocenters. The maximum absolute atomic E-state index is 5.84. The van der Waals surface area contributed by atoms with Crippen molar-refractivity contribution in [2.24, 2.45) is 0 Å². The van der Waals surface area contributed by atoms with Crippen LogP contribution >= 0.6 is 0 Å². The minimum Gasteiger partial charge on any atom is -0.323 e. The van der Waals surface area contributed by atoms with E-state index in [0.717, 1.165) is 17.0 Å². The van der Waals surface area contributed by atoms with Crippen LogP contribution in [0.1, 0.15) is 12.5 Å². The van der Waals surface area contributed by atoms with Crippen molar-refractivity contribution in [3.63, 3.8) is 0 Å². The third-order valence-corrected chi connectivity index (χ3v) is 4.00. The first-order valence-electron chi connectivity index (χ1n) is 7.89. The molecule has 0 heterocycles. The summed E-state index contributed by atoms with van der Waals surface area (Å²) in [5.41, 5.74) is 9.11. The van der Waals surface area contributed by atoms with E-state index in [1.54, 1.807) is 0 Å². The van der Waals surface area contributed by atoms with Crippen molar-refractivity contribution in [1.29, 1.82) is 0 Å². The summed E-state index contributed by atoms with van der Waals surface area (Å²) in [4.78, 5) is 0. The smallest absolute Gasteiger partial charge is 0.220 e. The number of hydroxylamine groups is 2. The van der Waals surface area contributed by atoms with Crippen LogP contribution < -0.4 is 11.0 Å². The van der Waals surface area contributed by atoms with Gasteiger partial charge in [-0.3, -0.25) is 11.0 Å². The molecule has 0 aliphatic carbocycles. The molecule has 0 saturated carbocycles. The third-order valence-electron chi connectivity index (χ3n) is 2.57. The molecular formula is C17H30N2O2Si2. The highest BCUT2D eigenvalue weighted by molar-refractivity contribution is 6.70. The summed E-state index contributed by atoms with van der Waals surface area (Å²) >= 11 is 0. The SMILES string of the molecule is CC(=CC=C(NO[Si](C)(C)C)c1ccccc1)NO[Si](C)(C)C. The summed E-state index contributed by atoms with van der Waals surface area (Å²) in [6.07, 6.45) is 3.99. The van der Waals surface area contributed by atoms with Crippen LogP contribution in [-0.2, 0) is 9.05 Å². The second-order valence-electron chi connectivity index (χ2n) is 7.43. The molecule has 2 N–H and O–H groups in total. The van der Waals surface area contributed by atoms with Gasteiger partial charge in [-0.25, -0.2) is 0 Å². The Bertz CT molecular complexity index is 544. The standard InChI is InChI=1S/C17H30N2O2Si2/c1-15(18-20-22(2,3)4)13-14-17(19-21-23(5,6)7)16-11-9-8-10-12-16/h8-14,18-19H,1-7H3. The summed E-state index contributed by atoms with van der Waals surface area (Å²) < 4.78 is 11.5. The zero-order valence-corrected chi connectivity index (χ0v) is 17.4. The van der Waals surface area contributed by atoms with Gasteiger partial charge < -0.3 is 9.05 Å². The monoisotopic (exact) mass is 350 g/mol. The van der Waals surface area contributed by atoms with Crippen LogP contribution in [0.2, 0.25) is 39.3 Å². The molecule has 128 valence electrons. The highest BCUT2D eigenvalue weighted by Gasteiger charge is 2.16. The fourth-order valence-electron chi connectivity index (χ4n) is 1.49. The summed E-state index contributed by atoms with van der Waals surface area (Å²) in [5.74, 6) is 0. The number of allylic oxidation sites excluding steroid dienone is 3. The van der Waals surface area contributed by atoms with Crippen LogP contribution in [0.4, 0.5) is 0 Å². The summed E-state index contributed by atoms with van der Waals surface area (Å²) in [5, 5.41) is 0. The van der Waals surface area contributed by atoms with Gasteiger partial charge in [0.2, 0.25) is 16.6 Å². The number of hydrogen-bond acceptors (Lipinski definition) is 4. The number of rotatable bonds is 8. The van der Waals surface area contributed by atoms with E-state index in [0.29, 0.717) is 0 Å². The van der Waals surface area contributed by atoms with Gasteiger partial charge in [-0.05, 0) is 63.9 Å². The zero-order chi connectivity index (χ0) is 17.5. The molecule has 0 bridgehead atoms. The molecule has 0 fully saturated rings. The Morgan fingerprint density at radius 3 is 1.87 bits per heavy atom. The predicted molar refractivity (Wildman–Crippen MR) is 103 cm³/mol. The highest BCUT2D eigenvalue weighted by atomic mass is 28.4. The Labute approximate surface area is 142 Å². The summed E-state index contributed by atoms with van der Waals surface area (Å²) in [6.45, 7) is 14.8. The van der Waals surface area contributed by atoms with Gasteiger partial charge in [-0.2, -0.15) is 0 Å². The fourth-order valence-corrected chi connectivity index (χ4v) is 2.37. The molecule has 1 rings (SSSR count). The van der Waals surface area contributed by atoms with Gasteiger partial charge in [-0.1, -0.05) is 30.3 Å². The average molecular weight is 351 g/mol. The molecule has 23 heavy (non-hydrogen) atoms. The molecule has 0 saturated heterocycles. The van der Waals surface area contributed by atoms with Gasteiger partial charge in [0.05, 0.1) is 5.70 Å². The van der Waals surface area contributed by atoms with Gasteiger partial charge in [0.25, 0.3) is 0 Å². The van der Waals surface area contributed by atoms with Crippen molar-refractivity contribution in [2.75, 3.05) is 0 Å². The van der Waals surface area contributed by atoms with Crippen molar-refractivity contribution in [3.8, 4) is 0 Å². The lowest BCUT2D eigenvalue weighted by molar-refractivity contribution is 0.221. The van der Waals surface area contributed by atoms with Gasteiger partial charge >= 0.3 is 0 Å². The van der Waals surface area contributed by atoms with E-state index >= 15 is 0 Å². The first-order chi connectivity index (χ1) is 10.6. The van der Waals surface area contributed by atoms with Gasteiger partial charge in [-0.15, -0.1) is 0 Å². The molecule has 0 radical (unpaired) electrons. The quantitative estimate of drug-likeness (QED) is 0.407. The van der Waals surface area contributed by atoms with E-state index in [9.17, 15) is 0 Å². The molecule has 1 aromatic carbocycles. The number of benzene rings is 1. The van der Waals surface area contributed by atoms with Crippen molar-refractivity contribution in [1.82, 2.24) is 11.0 Å². The van der Waals surface area contributed by atoms with Gasteiger partial charge in [0, 0.05) is 5.70 Å². The molecular weight excluding hydrogens is 320 g/mol. The topological polar surface area (TPSA) is 42.5 Å². The van der Waals surface area contributed by atoms with Crippen molar-refractivity contribution in [2.45, 2.75) is 46.2 Å². The van der Waals surface area contributed by atoms with E-state index in [1.807, 2.05) is 37.3 Å². The maximum Gasteiger partial charge on any atom is 0.220 e. The summed E-state index contributed by atoms with van der Waals surface area (Å²) in [7, 11) is -3.24. The van der Waals surface area contributed by atoms with Crippen LogP contribution in [0.25, 0.3) is 5.70 Å². The third kappa shape index (κ3) is 9.40. The minimum absolute atomic E-state index is 0.933. The van der Waals surface area contributed by atoms with Crippen molar-refractivity contribution >= 4 is 22.3 Å². The minimum atomic E-state index is -1.66. The molecule has 0 atom stereocenters. The normalized spacial score (nSPS) is 13.9. The molecule has 0 spiro atoms. The Hall–Kier alpha value is -1.35. The van der Waals surface area contributed by atoms with Crippen molar-refractivity contribution < 1.29 is 9.05 Å². The molecule has 0 aliphatic heterocycles. The predicted octanol–water partition coefficient (Wildman–Crippen LogP) is 4.64. The van der Waals surface area contributed by atoms with Gasteiger partial charge in [0.15, 0.2) is 0 Å². The van der Waals surface area contributed by atoms with Crippen LogP contribution in [0.5, 0.6) is 0 Å². The first kappa shape index (κ1) is 19.7. The molecule has 0 amide bonds. The van der Waals surface area contributed by atoms with Crippen molar-refractivity contribution in [3.05, 3.63) is 53.7 Å². The zero-order valence-electron chi connectivity index (χ0n) is 15.4. The van der Waals surface area contributed by atoms with Gasteiger partial charge in [0.1, 0.15) is 0 Å². The lowest BCUT2D eigenvalue weighted by Gasteiger charge is -2.20. The van der Waals surface area contributed by atoms with E-state index in [4.69, 9.17) is 9.05 Å². The molecule has 0 aromatic heterocycles. The second-order valence-corrected chi connectivity index (χ2v) is 16.3. The first-order valence-corrected chi connectivity index (χ1v) is 14.7. The lowest BCUT2D eigenvalue weighted by Crippen LogP contribution is -2.33. The Morgan fingerprint density at radius 2 is 1.35 bits per heavy atom. The Balaban J connectivity index is 2.86. The van der Waals surface area contributed by atoms with E-state index < -0.39 is 16.6 Å². The number of hydrogen-bond donors (Lipinski definition) is 2. The summed E-state index contributed by atoms with van der Waals surface area (Å²) in [6, 6.07) is 10.2. The highest BCUT2D eigenvalue weighted by Crippen LogP contribution is 2.13. The fraction of sp³-hybridized carbons (Fsp3) is 0.412. The average Bonchev–Trinajstić information content (AvgIpc) is 2.44. The van der Waals surface area contributed by atoms with Crippen LogP contribution in [0.15, 0.2) is 48.2 Å². The number of nitrogens with one attached hydrogen (secondary N) is 2. The largest absolute Gasteiger partial charge is 0.323 e. The van der Waals surface area contributed by atoms with Crippen LogP contribution in [0.3, 0.4) is 0 Å². The maximum atomic E-state index is 5.84. The lowest BCUT2D eigenvalue weighted by atomic mass is 10.1. The van der Waals surface area contributed by atoms with E-state index in [-0.39, 0.29) is 0 Å². The van der Waals surface area contributed by atoms with Crippen LogP contribution in [0, 0.1) is 0 Å². The molecule has 1 aromatic rings. The van der Waals surface area contributed by atoms with E-state index in [2.05, 4.69) is 62.4 Å². The molecule has 6 heteroatoms. The van der Waals surface area contributed by atoms with E-state index in [1.165, 1.54) is 0 Å². The second kappa shape index (κ2) is 8.49. The molecule has 0 aliphatic rings. The Morgan fingerprint density at radius 1 is 0.826 bits per heavy atom. The van der Waals surface area contributed by atoms with Crippen LogP contribution in [-0.4, -0.2) is 16.6 Å². The molecule has 4 nitrogen and oxygen atoms in total. The Kier molecular flexibility index (Phi) is 7.27.